The Hall–Kier alpha value is -0.590. The average molecular weight is 427 g/mol. The van der Waals surface area contributed by atoms with Crippen molar-refractivity contribution in [3.8, 4) is 0 Å². The van der Waals surface area contributed by atoms with Crippen LogP contribution >= 0.6 is 0 Å². The van der Waals surface area contributed by atoms with E-state index < -0.39 is 0 Å². The summed E-state index contributed by atoms with van der Waals surface area (Å²) in [5, 5.41) is 0. The molecular weight excluding hydrogens is 376 g/mol. The van der Waals surface area contributed by atoms with Crippen molar-refractivity contribution in [2.75, 3.05) is 0 Å². The van der Waals surface area contributed by atoms with Crippen molar-refractivity contribution in [2.45, 2.75) is 120 Å². The molecule has 0 spiro atoms. The van der Waals surface area contributed by atoms with E-state index in [1.54, 1.807) is 0 Å². The van der Waals surface area contributed by atoms with E-state index in [9.17, 15) is 4.79 Å². The van der Waals surface area contributed by atoms with Crippen LogP contribution in [0.2, 0.25) is 0 Å². The number of carbonyl (C=O) groups is 1. The summed E-state index contributed by atoms with van der Waals surface area (Å²) in [6.45, 7) is 19.8. The van der Waals surface area contributed by atoms with Crippen molar-refractivity contribution in [3.63, 3.8) is 0 Å². The minimum absolute atomic E-state index is 0.236. The summed E-state index contributed by atoms with van der Waals surface area (Å²) < 4.78 is 0. The second kappa shape index (κ2) is 7.73. The third-order valence-electron chi connectivity index (χ3n) is 12.4. The number of Topliss-reactive ketones (excluding diaryl/α,β-unsaturated/α-hetero) is 1. The first kappa shape index (κ1) is 23.6. The van der Waals surface area contributed by atoms with Crippen LogP contribution in [0.1, 0.15) is 120 Å². The molecule has 0 unspecified atom stereocenters. The molecule has 0 aromatic rings. The number of allylic oxidation sites excluding steroid dienone is 2. The van der Waals surface area contributed by atoms with Gasteiger partial charge in [0, 0.05) is 12.3 Å². The van der Waals surface area contributed by atoms with E-state index in [1.165, 1.54) is 56.9 Å². The van der Waals surface area contributed by atoms with E-state index in [0.717, 1.165) is 36.5 Å². The molecule has 0 radical (unpaired) electrons. The Morgan fingerprint density at radius 2 is 1.65 bits per heavy atom. The molecule has 4 saturated carbocycles. The predicted octanol–water partition coefficient (Wildman–Crippen LogP) is 8.62. The monoisotopic (exact) mass is 426 g/mol. The lowest BCUT2D eigenvalue weighted by atomic mass is 9.35. The molecule has 4 rings (SSSR count). The second-order valence-corrected chi connectivity index (χ2v) is 13.7. The third-order valence-corrected chi connectivity index (χ3v) is 12.4. The van der Waals surface area contributed by atoms with Crippen molar-refractivity contribution in [1.29, 1.82) is 0 Å². The normalized spacial score (nSPS) is 50.3. The van der Waals surface area contributed by atoms with Gasteiger partial charge in [0.15, 0.2) is 0 Å². The maximum atomic E-state index is 12.7. The molecule has 176 valence electrons. The predicted molar refractivity (Wildman–Crippen MR) is 132 cm³/mol. The molecule has 4 aliphatic carbocycles. The standard InChI is InChI=1S/C30H50O/c1-20(2)10-9-11-21(3)23-14-17-30(8)26-15-16-27(5)22(4)24(31)12-13-25(27)28(26,6)18-19-29(23,30)7/h10,21-23,25-26H,9,11-19H2,1-8H3/t21-,22+,23+,25-,26+,27-,28+,29+,30-/m1/s1. The number of hydrogen-bond donors (Lipinski definition) is 0. The quantitative estimate of drug-likeness (QED) is 0.411. The van der Waals surface area contributed by atoms with Gasteiger partial charge in [0.2, 0.25) is 0 Å². The minimum atomic E-state index is 0.236. The van der Waals surface area contributed by atoms with Crippen LogP contribution in [0.15, 0.2) is 11.6 Å². The van der Waals surface area contributed by atoms with Crippen molar-refractivity contribution >= 4 is 5.78 Å². The maximum absolute atomic E-state index is 12.7. The molecule has 0 aromatic carbocycles. The van der Waals surface area contributed by atoms with Gasteiger partial charge >= 0.3 is 0 Å². The highest BCUT2D eigenvalue weighted by molar-refractivity contribution is 5.82. The van der Waals surface area contributed by atoms with Gasteiger partial charge in [-0.2, -0.15) is 0 Å². The molecular formula is C30H50O. The van der Waals surface area contributed by atoms with Crippen molar-refractivity contribution < 1.29 is 4.79 Å². The molecule has 0 aromatic heterocycles. The van der Waals surface area contributed by atoms with Gasteiger partial charge in [-0.1, -0.05) is 53.2 Å². The number of carbonyl (C=O) groups excluding carboxylic acids is 1. The lowest BCUT2D eigenvalue weighted by Gasteiger charge is -2.69. The maximum Gasteiger partial charge on any atom is 0.136 e. The molecule has 0 N–H and O–H groups in total. The van der Waals surface area contributed by atoms with Gasteiger partial charge in [0.05, 0.1) is 0 Å². The van der Waals surface area contributed by atoms with Gasteiger partial charge in [0.1, 0.15) is 5.78 Å². The van der Waals surface area contributed by atoms with Gasteiger partial charge in [-0.3, -0.25) is 4.79 Å². The Balaban J connectivity index is 1.61. The van der Waals surface area contributed by atoms with E-state index in [2.05, 4.69) is 61.5 Å². The number of rotatable bonds is 4. The molecule has 0 saturated heterocycles. The minimum Gasteiger partial charge on any atom is -0.299 e. The molecule has 1 nitrogen and oxygen atoms in total. The zero-order valence-corrected chi connectivity index (χ0v) is 21.9. The number of hydrogen-bond acceptors (Lipinski definition) is 1. The second-order valence-electron chi connectivity index (χ2n) is 13.7. The van der Waals surface area contributed by atoms with Crippen LogP contribution in [0, 0.1) is 51.2 Å². The Morgan fingerprint density at radius 3 is 2.32 bits per heavy atom. The number of fused-ring (bicyclic) bond motifs is 5. The average Bonchev–Trinajstić information content (AvgIpc) is 2.96. The summed E-state index contributed by atoms with van der Waals surface area (Å²) in [6.07, 6.45) is 15.3. The van der Waals surface area contributed by atoms with Gasteiger partial charge < -0.3 is 0 Å². The highest BCUT2D eigenvalue weighted by Crippen LogP contribution is 2.76. The van der Waals surface area contributed by atoms with Crippen molar-refractivity contribution in [2.24, 2.45) is 51.2 Å². The summed E-state index contributed by atoms with van der Waals surface area (Å²) in [4.78, 5) is 12.7. The molecule has 4 fully saturated rings. The molecule has 4 aliphatic rings. The van der Waals surface area contributed by atoms with E-state index in [-0.39, 0.29) is 11.3 Å². The molecule has 9 atom stereocenters. The Bertz CT molecular complexity index is 746. The Kier molecular flexibility index (Phi) is 5.88. The topological polar surface area (TPSA) is 17.1 Å². The van der Waals surface area contributed by atoms with Crippen LogP contribution < -0.4 is 0 Å². The largest absolute Gasteiger partial charge is 0.299 e. The smallest absolute Gasteiger partial charge is 0.136 e. The van der Waals surface area contributed by atoms with Crippen LogP contribution in [-0.2, 0) is 4.79 Å². The van der Waals surface area contributed by atoms with Crippen molar-refractivity contribution in [3.05, 3.63) is 11.6 Å². The van der Waals surface area contributed by atoms with E-state index in [4.69, 9.17) is 0 Å². The van der Waals surface area contributed by atoms with Crippen LogP contribution in [-0.4, -0.2) is 5.78 Å². The van der Waals surface area contributed by atoms with Gasteiger partial charge in [-0.25, -0.2) is 0 Å². The van der Waals surface area contributed by atoms with Crippen molar-refractivity contribution in [1.82, 2.24) is 0 Å². The van der Waals surface area contributed by atoms with Gasteiger partial charge in [-0.15, -0.1) is 0 Å². The molecule has 0 bridgehead atoms. The third kappa shape index (κ3) is 3.25. The lowest BCUT2D eigenvalue weighted by molar-refractivity contribution is -0.202. The highest BCUT2D eigenvalue weighted by Gasteiger charge is 2.69. The Morgan fingerprint density at radius 1 is 0.935 bits per heavy atom. The number of ketones is 1. The zero-order chi connectivity index (χ0) is 22.8. The van der Waals surface area contributed by atoms with E-state index in [1.807, 2.05) is 0 Å². The summed E-state index contributed by atoms with van der Waals surface area (Å²) in [7, 11) is 0. The summed E-state index contributed by atoms with van der Waals surface area (Å²) in [5.41, 5.74) is 3.09. The van der Waals surface area contributed by atoms with Crippen LogP contribution in [0.5, 0.6) is 0 Å². The molecule has 0 heterocycles. The highest BCUT2D eigenvalue weighted by atomic mass is 16.1. The fourth-order valence-electron chi connectivity index (χ4n) is 10.2. The first-order valence-electron chi connectivity index (χ1n) is 13.6. The van der Waals surface area contributed by atoms with Crippen LogP contribution in [0.25, 0.3) is 0 Å². The molecule has 31 heavy (non-hydrogen) atoms. The Labute approximate surface area is 193 Å². The van der Waals surface area contributed by atoms with E-state index >= 15 is 0 Å². The fraction of sp³-hybridized carbons (Fsp3) is 0.900. The van der Waals surface area contributed by atoms with Crippen LogP contribution in [0.3, 0.4) is 0 Å². The molecule has 1 heteroatoms. The first-order chi connectivity index (χ1) is 14.4. The zero-order valence-electron chi connectivity index (χ0n) is 21.9. The summed E-state index contributed by atoms with van der Waals surface area (Å²) >= 11 is 0. The lowest BCUT2D eigenvalue weighted by Crippen LogP contribution is -2.62. The first-order valence-corrected chi connectivity index (χ1v) is 13.6. The van der Waals surface area contributed by atoms with E-state index in [0.29, 0.717) is 22.0 Å². The SMILES string of the molecule is CC(C)=CCC[C@@H](C)[C@@H]1CC[C@]2(C)[C@H]3CC[C@@]4(C)[C@@H](CCC(=O)[C@@H]4C)[C@]3(C)CC[C@@]12C. The molecule has 0 aliphatic heterocycles. The summed E-state index contributed by atoms with van der Waals surface area (Å²) in [6, 6.07) is 0. The van der Waals surface area contributed by atoms with Gasteiger partial charge in [0.25, 0.3) is 0 Å². The van der Waals surface area contributed by atoms with Gasteiger partial charge in [-0.05, 0) is 117 Å². The summed E-state index contributed by atoms with van der Waals surface area (Å²) in [5.74, 6) is 4.09. The van der Waals surface area contributed by atoms with Crippen LogP contribution in [0.4, 0.5) is 0 Å². The molecule has 0 amide bonds. The fourth-order valence-corrected chi connectivity index (χ4v) is 10.2.